The molecular weight excluding hydrogens is 441 g/mol. The summed E-state index contributed by atoms with van der Waals surface area (Å²) in [5, 5.41) is 0. The molecular formula is C29H42FN3O2. The summed E-state index contributed by atoms with van der Waals surface area (Å²) >= 11 is 0. The third-order valence-electron chi connectivity index (χ3n) is 6.69. The lowest BCUT2D eigenvalue weighted by Gasteiger charge is -2.41. The number of carbonyl (C=O) groups excluding carboxylic acids is 1. The van der Waals surface area contributed by atoms with Gasteiger partial charge in [-0.25, -0.2) is 4.39 Å². The summed E-state index contributed by atoms with van der Waals surface area (Å²) in [6.07, 6.45) is 3.73. The van der Waals surface area contributed by atoms with E-state index >= 15 is 0 Å². The van der Waals surface area contributed by atoms with Crippen molar-refractivity contribution in [2.75, 3.05) is 24.5 Å². The van der Waals surface area contributed by atoms with Crippen LogP contribution in [0.1, 0.15) is 58.9 Å². The zero-order chi connectivity index (χ0) is 25.4. The first-order chi connectivity index (χ1) is 16.7. The van der Waals surface area contributed by atoms with Gasteiger partial charge in [-0.1, -0.05) is 39.8 Å². The van der Waals surface area contributed by atoms with Crippen molar-refractivity contribution in [1.29, 1.82) is 0 Å². The Morgan fingerprint density at radius 2 is 1.66 bits per heavy atom. The van der Waals surface area contributed by atoms with E-state index in [1.54, 1.807) is 12.1 Å². The largest absolute Gasteiger partial charge is 0.489 e. The Hall–Kier alpha value is -2.60. The highest BCUT2D eigenvalue weighted by molar-refractivity contribution is 5.81. The van der Waals surface area contributed by atoms with Crippen LogP contribution in [-0.4, -0.2) is 42.5 Å². The standard InChI is InChI=1S/C29H42FN3O2/c1-21(2)13-18-33(26-14-16-32(17-15-26)29(34)28(31)19-22(3)4)25-9-11-27(12-10-25)35-20-23-5-7-24(30)8-6-23/h5-12,21-22,26,28H,13-20,31H2,1-4H3. The molecule has 6 heteroatoms. The van der Waals surface area contributed by atoms with Crippen LogP contribution in [-0.2, 0) is 11.4 Å². The molecule has 0 saturated carbocycles. The van der Waals surface area contributed by atoms with Gasteiger partial charge in [0.05, 0.1) is 6.04 Å². The first-order valence-electron chi connectivity index (χ1n) is 13.0. The molecule has 1 amide bonds. The van der Waals surface area contributed by atoms with Crippen molar-refractivity contribution in [2.45, 2.75) is 72.1 Å². The highest BCUT2D eigenvalue weighted by atomic mass is 19.1. The Labute approximate surface area is 210 Å². The molecule has 2 aromatic carbocycles. The highest BCUT2D eigenvalue weighted by Gasteiger charge is 2.29. The third-order valence-corrected chi connectivity index (χ3v) is 6.69. The van der Waals surface area contributed by atoms with Crippen LogP contribution in [0, 0.1) is 17.7 Å². The Morgan fingerprint density at radius 1 is 1.03 bits per heavy atom. The fourth-order valence-electron chi connectivity index (χ4n) is 4.64. The molecule has 1 heterocycles. The number of piperidine rings is 1. The Balaban J connectivity index is 1.61. The van der Waals surface area contributed by atoms with Crippen molar-refractivity contribution in [1.82, 2.24) is 4.90 Å². The predicted molar refractivity (Wildman–Crippen MR) is 141 cm³/mol. The minimum absolute atomic E-state index is 0.0912. The molecule has 0 aliphatic carbocycles. The van der Waals surface area contributed by atoms with Crippen molar-refractivity contribution in [3.8, 4) is 5.75 Å². The van der Waals surface area contributed by atoms with E-state index < -0.39 is 6.04 Å². The molecule has 2 N–H and O–H groups in total. The SMILES string of the molecule is CC(C)CCN(c1ccc(OCc2ccc(F)cc2)cc1)C1CCN(C(=O)C(N)CC(C)C)CC1. The van der Waals surface area contributed by atoms with Crippen LogP contribution in [0.4, 0.5) is 10.1 Å². The molecule has 35 heavy (non-hydrogen) atoms. The summed E-state index contributed by atoms with van der Waals surface area (Å²) in [5.41, 5.74) is 8.28. The fourth-order valence-corrected chi connectivity index (χ4v) is 4.64. The average Bonchev–Trinajstić information content (AvgIpc) is 2.84. The van der Waals surface area contributed by atoms with Gasteiger partial charge in [0.25, 0.3) is 0 Å². The van der Waals surface area contributed by atoms with E-state index in [1.807, 2.05) is 17.0 Å². The molecule has 0 bridgehead atoms. The number of halogens is 1. The molecule has 5 nitrogen and oxygen atoms in total. The van der Waals surface area contributed by atoms with Crippen LogP contribution in [0.15, 0.2) is 48.5 Å². The van der Waals surface area contributed by atoms with Crippen LogP contribution >= 0.6 is 0 Å². The second kappa shape index (κ2) is 12.9. The van der Waals surface area contributed by atoms with Gasteiger partial charge in [-0.3, -0.25) is 4.79 Å². The number of carbonyl (C=O) groups is 1. The van der Waals surface area contributed by atoms with Crippen molar-refractivity contribution < 1.29 is 13.9 Å². The van der Waals surface area contributed by atoms with Crippen molar-refractivity contribution in [3.05, 3.63) is 59.9 Å². The second-order valence-electron chi connectivity index (χ2n) is 10.6. The number of nitrogens with two attached hydrogens (primary N) is 1. The molecule has 0 spiro atoms. The van der Waals surface area contributed by atoms with Gasteiger partial charge in [0.2, 0.25) is 5.91 Å². The molecule has 0 radical (unpaired) electrons. The third kappa shape index (κ3) is 8.24. The summed E-state index contributed by atoms with van der Waals surface area (Å²) in [6, 6.07) is 14.6. The Morgan fingerprint density at radius 3 is 2.23 bits per heavy atom. The van der Waals surface area contributed by atoms with Crippen LogP contribution in [0.2, 0.25) is 0 Å². The van der Waals surface area contributed by atoms with Gasteiger partial charge < -0.3 is 20.3 Å². The summed E-state index contributed by atoms with van der Waals surface area (Å²) in [4.78, 5) is 17.2. The molecule has 192 valence electrons. The first-order valence-corrected chi connectivity index (χ1v) is 13.0. The smallest absolute Gasteiger partial charge is 0.239 e. The maximum Gasteiger partial charge on any atom is 0.239 e. The van der Waals surface area contributed by atoms with Crippen molar-refractivity contribution in [3.63, 3.8) is 0 Å². The molecule has 1 atom stereocenters. The van der Waals surface area contributed by atoms with Gasteiger partial charge in [0.1, 0.15) is 18.2 Å². The zero-order valence-electron chi connectivity index (χ0n) is 21.8. The maximum atomic E-state index is 13.1. The lowest BCUT2D eigenvalue weighted by atomic mass is 9.98. The van der Waals surface area contributed by atoms with Gasteiger partial charge in [0, 0.05) is 31.4 Å². The topological polar surface area (TPSA) is 58.8 Å². The van der Waals surface area contributed by atoms with E-state index in [0.717, 1.165) is 56.6 Å². The first kappa shape index (κ1) is 27.0. The van der Waals surface area contributed by atoms with E-state index in [1.165, 1.54) is 17.8 Å². The summed E-state index contributed by atoms with van der Waals surface area (Å²) in [5.74, 6) is 1.68. The molecule has 0 aromatic heterocycles. The number of ether oxygens (including phenoxy) is 1. The molecule has 1 aliphatic heterocycles. The average molecular weight is 484 g/mol. The number of rotatable bonds is 11. The second-order valence-corrected chi connectivity index (χ2v) is 10.6. The Kier molecular flexibility index (Phi) is 9.96. The van der Waals surface area contributed by atoms with Gasteiger partial charge in [-0.15, -0.1) is 0 Å². The Bertz CT molecular complexity index is 907. The van der Waals surface area contributed by atoms with Gasteiger partial charge in [0.15, 0.2) is 0 Å². The van der Waals surface area contributed by atoms with Crippen LogP contribution < -0.4 is 15.4 Å². The predicted octanol–water partition coefficient (Wildman–Crippen LogP) is 5.62. The van der Waals surface area contributed by atoms with Crippen molar-refractivity contribution in [2.24, 2.45) is 17.6 Å². The lowest BCUT2D eigenvalue weighted by Crippen LogP contribution is -2.51. The molecule has 3 rings (SSSR count). The number of amides is 1. The molecule has 1 unspecified atom stereocenters. The van der Waals surface area contributed by atoms with Gasteiger partial charge in [-0.2, -0.15) is 0 Å². The van der Waals surface area contributed by atoms with E-state index in [2.05, 4.69) is 44.7 Å². The van der Waals surface area contributed by atoms with Gasteiger partial charge in [-0.05, 0) is 79.5 Å². The molecule has 2 aromatic rings. The van der Waals surface area contributed by atoms with E-state index in [4.69, 9.17) is 10.5 Å². The normalized spacial score (nSPS) is 15.5. The minimum Gasteiger partial charge on any atom is -0.489 e. The zero-order valence-corrected chi connectivity index (χ0v) is 21.8. The monoisotopic (exact) mass is 483 g/mol. The molecule has 1 saturated heterocycles. The number of nitrogens with zero attached hydrogens (tertiary/aromatic N) is 2. The fraction of sp³-hybridized carbons (Fsp3) is 0.552. The van der Waals surface area contributed by atoms with E-state index in [0.29, 0.717) is 24.5 Å². The number of hydrogen-bond acceptors (Lipinski definition) is 4. The summed E-state index contributed by atoms with van der Waals surface area (Å²) < 4.78 is 19.0. The van der Waals surface area contributed by atoms with E-state index in [-0.39, 0.29) is 11.7 Å². The van der Waals surface area contributed by atoms with Crippen LogP contribution in [0.3, 0.4) is 0 Å². The van der Waals surface area contributed by atoms with Crippen LogP contribution in [0.25, 0.3) is 0 Å². The highest BCUT2D eigenvalue weighted by Crippen LogP contribution is 2.27. The number of anilines is 1. The van der Waals surface area contributed by atoms with Gasteiger partial charge >= 0.3 is 0 Å². The number of likely N-dealkylation sites (tertiary alicyclic amines) is 1. The van der Waals surface area contributed by atoms with Crippen molar-refractivity contribution >= 4 is 11.6 Å². The maximum absolute atomic E-state index is 13.1. The summed E-state index contributed by atoms with van der Waals surface area (Å²) in [6.45, 7) is 11.6. The minimum atomic E-state index is -0.397. The molecule has 1 aliphatic rings. The van der Waals surface area contributed by atoms with Crippen LogP contribution in [0.5, 0.6) is 5.75 Å². The number of hydrogen-bond donors (Lipinski definition) is 1. The summed E-state index contributed by atoms with van der Waals surface area (Å²) in [7, 11) is 0. The van der Waals surface area contributed by atoms with E-state index in [9.17, 15) is 9.18 Å². The molecule has 1 fully saturated rings. The number of benzene rings is 2. The quantitative estimate of drug-likeness (QED) is 0.451. The lowest BCUT2D eigenvalue weighted by molar-refractivity contribution is -0.134.